The van der Waals surface area contributed by atoms with Crippen LogP contribution in [0.5, 0.6) is 17.2 Å². The van der Waals surface area contributed by atoms with Crippen LogP contribution in [0, 0.1) is 0 Å². The van der Waals surface area contributed by atoms with Crippen molar-refractivity contribution in [2.45, 2.75) is 20.3 Å². The first kappa shape index (κ1) is 12.4. The number of ketones is 1. The van der Waals surface area contributed by atoms with Gasteiger partial charge in [0.05, 0.1) is 13.7 Å². The van der Waals surface area contributed by atoms with Gasteiger partial charge in [0.15, 0.2) is 5.78 Å². The number of hydrogen-bond donors (Lipinski definition) is 1. The first-order valence-corrected chi connectivity index (χ1v) is 5.21. The van der Waals surface area contributed by atoms with Crippen LogP contribution in [0.15, 0.2) is 12.1 Å². The zero-order valence-corrected chi connectivity index (χ0v) is 9.74. The largest absolute Gasteiger partial charge is 0.507 e. The second kappa shape index (κ2) is 5.39. The zero-order chi connectivity index (χ0) is 12.1. The van der Waals surface area contributed by atoms with Crippen LogP contribution in [0.2, 0.25) is 0 Å². The molecule has 0 aliphatic carbocycles. The van der Waals surface area contributed by atoms with E-state index in [1.165, 1.54) is 13.2 Å². The average molecular weight is 224 g/mol. The molecule has 0 saturated heterocycles. The van der Waals surface area contributed by atoms with Crippen molar-refractivity contribution >= 4 is 5.78 Å². The summed E-state index contributed by atoms with van der Waals surface area (Å²) >= 11 is 0. The van der Waals surface area contributed by atoms with Crippen molar-refractivity contribution in [1.29, 1.82) is 0 Å². The molecule has 1 aromatic rings. The van der Waals surface area contributed by atoms with E-state index in [0.717, 1.165) is 0 Å². The van der Waals surface area contributed by atoms with Gasteiger partial charge in [-0.3, -0.25) is 4.79 Å². The fraction of sp³-hybridized carbons (Fsp3) is 0.417. The third-order valence-corrected chi connectivity index (χ3v) is 2.19. The Balaban J connectivity index is 3.22. The monoisotopic (exact) mass is 224 g/mol. The maximum absolute atomic E-state index is 11.6. The van der Waals surface area contributed by atoms with E-state index in [0.29, 0.717) is 24.5 Å². The molecule has 4 heteroatoms. The fourth-order valence-electron chi connectivity index (χ4n) is 1.44. The molecule has 0 spiro atoms. The molecular formula is C12H16O4. The lowest BCUT2D eigenvalue weighted by molar-refractivity contribution is 0.0982. The van der Waals surface area contributed by atoms with Gasteiger partial charge >= 0.3 is 0 Å². The van der Waals surface area contributed by atoms with Gasteiger partial charge in [-0.25, -0.2) is 0 Å². The van der Waals surface area contributed by atoms with Crippen molar-refractivity contribution in [1.82, 2.24) is 0 Å². The highest BCUT2D eigenvalue weighted by Crippen LogP contribution is 2.34. The Bertz CT molecular complexity index is 385. The number of rotatable bonds is 5. The quantitative estimate of drug-likeness (QED) is 0.780. The average Bonchev–Trinajstić information content (AvgIpc) is 2.27. The van der Waals surface area contributed by atoms with Crippen LogP contribution in [0.3, 0.4) is 0 Å². The summed E-state index contributed by atoms with van der Waals surface area (Å²) in [5.74, 6) is 0.576. The van der Waals surface area contributed by atoms with Gasteiger partial charge < -0.3 is 14.6 Å². The van der Waals surface area contributed by atoms with E-state index < -0.39 is 0 Å². The van der Waals surface area contributed by atoms with Gasteiger partial charge in [-0.05, 0) is 6.92 Å². The second-order valence-corrected chi connectivity index (χ2v) is 3.23. The Morgan fingerprint density at radius 3 is 2.56 bits per heavy atom. The van der Waals surface area contributed by atoms with Crippen molar-refractivity contribution in [3.8, 4) is 17.2 Å². The lowest BCUT2D eigenvalue weighted by atomic mass is 10.1. The molecule has 0 unspecified atom stereocenters. The summed E-state index contributed by atoms with van der Waals surface area (Å²) in [7, 11) is 1.46. The predicted molar refractivity (Wildman–Crippen MR) is 60.4 cm³/mol. The molecule has 88 valence electrons. The molecule has 0 aromatic heterocycles. The minimum Gasteiger partial charge on any atom is -0.507 e. The van der Waals surface area contributed by atoms with Crippen molar-refractivity contribution in [2.75, 3.05) is 13.7 Å². The number of benzene rings is 1. The summed E-state index contributed by atoms with van der Waals surface area (Å²) in [5.41, 5.74) is 0.216. The number of carbonyl (C=O) groups is 1. The van der Waals surface area contributed by atoms with E-state index in [9.17, 15) is 9.90 Å². The van der Waals surface area contributed by atoms with Crippen LogP contribution in [0.4, 0.5) is 0 Å². The molecule has 0 heterocycles. The highest BCUT2D eigenvalue weighted by Gasteiger charge is 2.17. The van der Waals surface area contributed by atoms with Crippen LogP contribution in [0.1, 0.15) is 30.6 Å². The molecule has 1 rings (SSSR count). The Morgan fingerprint density at radius 1 is 1.38 bits per heavy atom. The van der Waals surface area contributed by atoms with Crippen LogP contribution in [-0.4, -0.2) is 24.6 Å². The minimum absolute atomic E-state index is 0.102. The summed E-state index contributed by atoms with van der Waals surface area (Å²) in [4.78, 5) is 11.6. The predicted octanol–water partition coefficient (Wildman–Crippen LogP) is 2.39. The minimum atomic E-state index is -0.155. The molecule has 0 saturated carbocycles. The number of aromatic hydroxyl groups is 1. The molecule has 0 fully saturated rings. The van der Waals surface area contributed by atoms with Gasteiger partial charge in [-0.1, -0.05) is 6.92 Å². The highest BCUT2D eigenvalue weighted by molar-refractivity contribution is 6.01. The number of methoxy groups -OCH3 is 1. The standard InChI is InChI=1S/C12H16O4/c1-4-9(13)12-10(14)6-8(16-5-2)7-11(12)15-3/h6-7,14H,4-5H2,1-3H3. The highest BCUT2D eigenvalue weighted by atomic mass is 16.5. The van der Waals surface area contributed by atoms with Gasteiger partial charge in [-0.15, -0.1) is 0 Å². The molecular weight excluding hydrogens is 208 g/mol. The Morgan fingerprint density at radius 2 is 2.06 bits per heavy atom. The molecule has 4 nitrogen and oxygen atoms in total. The van der Waals surface area contributed by atoms with E-state index in [1.54, 1.807) is 13.0 Å². The number of Topliss-reactive ketones (excluding diaryl/α,β-unsaturated/α-hetero) is 1. The van der Waals surface area contributed by atoms with Crippen LogP contribution in [-0.2, 0) is 0 Å². The molecule has 0 aliphatic rings. The van der Waals surface area contributed by atoms with Crippen molar-refractivity contribution in [3.63, 3.8) is 0 Å². The number of phenols is 1. The van der Waals surface area contributed by atoms with E-state index >= 15 is 0 Å². The van der Waals surface area contributed by atoms with Crippen molar-refractivity contribution < 1.29 is 19.4 Å². The van der Waals surface area contributed by atoms with Gasteiger partial charge in [0.25, 0.3) is 0 Å². The Kier molecular flexibility index (Phi) is 4.17. The van der Waals surface area contributed by atoms with E-state index in [-0.39, 0.29) is 17.1 Å². The lowest BCUT2D eigenvalue weighted by Crippen LogP contribution is -2.02. The second-order valence-electron chi connectivity index (χ2n) is 3.23. The van der Waals surface area contributed by atoms with E-state index in [4.69, 9.17) is 9.47 Å². The van der Waals surface area contributed by atoms with Crippen LogP contribution >= 0.6 is 0 Å². The van der Waals surface area contributed by atoms with Gasteiger partial charge in [-0.2, -0.15) is 0 Å². The van der Waals surface area contributed by atoms with Crippen LogP contribution < -0.4 is 9.47 Å². The first-order chi connectivity index (χ1) is 7.63. The maximum Gasteiger partial charge on any atom is 0.170 e. The third-order valence-electron chi connectivity index (χ3n) is 2.19. The first-order valence-electron chi connectivity index (χ1n) is 5.21. The molecule has 0 amide bonds. The van der Waals surface area contributed by atoms with Gasteiger partial charge in [0.2, 0.25) is 0 Å². The summed E-state index contributed by atoms with van der Waals surface area (Å²) in [6.45, 7) is 4.07. The molecule has 1 aromatic carbocycles. The van der Waals surface area contributed by atoms with Gasteiger partial charge in [0.1, 0.15) is 22.8 Å². The van der Waals surface area contributed by atoms with Crippen molar-refractivity contribution in [3.05, 3.63) is 17.7 Å². The van der Waals surface area contributed by atoms with E-state index in [2.05, 4.69) is 0 Å². The molecule has 0 radical (unpaired) electrons. The lowest BCUT2D eigenvalue weighted by Gasteiger charge is -2.11. The Hall–Kier alpha value is -1.71. The number of phenolic OH excluding ortho intramolecular Hbond substituents is 1. The van der Waals surface area contributed by atoms with E-state index in [1.807, 2.05) is 6.92 Å². The third kappa shape index (κ3) is 2.45. The Labute approximate surface area is 94.8 Å². The maximum atomic E-state index is 11.6. The van der Waals surface area contributed by atoms with Crippen molar-refractivity contribution in [2.24, 2.45) is 0 Å². The summed E-state index contributed by atoms with van der Waals surface area (Å²) in [6.07, 6.45) is 0.317. The normalized spacial score (nSPS) is 9.94. The van der Waals surface area contributed by atoms with Crippen LogP contribution in [0.25, 0.3) is 0 Å². The van der Waals surface area contributed by atoms with Gasteiger partial charge in [0, 0.05) is 18.6 Å². The topological polar surface area (TPSA) is 55.8 Å². The summed E-state index contributed by atoms with van der Waals surface area (Å²) in [5, 5.41) is 9.75. The number of hydrogen-bond acceptors (Lipinski definition) is 4. The summed E-state index contributed by atoms with van der Waals surface area (Å²) in [6, 6.07) is 3.03. The molecule has 0 aliphatic heterocycles. The SMILES string of the molecule is CCOc1cc(O)c(C(=O)CC)c(OC)c1. The smallest absolute Gasteiger partial charge is 0.170 e. The molecule has 16 heavy (non-hydrogen) atoms. The fourth-order valence-corrected chi connectivity index (χ4v) is 1.44. The zero-order valence-electron chi connectivity index (χ0n) is 9.74. The molecule has 0 atom stereocenters. The molecule has 0 bridgehead atoms. The summed E-state index contributed by atoms with van der Waals surface area (Å²) < 4.78 is 10.3. The number of ether oxygens (including phenoxy) is 2. The number of carbonyl (C=O) groups excluding carboxylic acids is 1. The molecule has 1 N–H and O–H groups in total.